The first-order valence-corrected chi connectivity index (χ1v) is 10.7. The molecule has 32 heavy (non-hydrogen) atoms. The van der Waals surface area contributed by atoms with Crippen molar-refractivity contribution >= 4 is 45.7 Å². The molecule has 0 spiro atoms. The van der Waals surface area contributed by atoms with Crippen molar-refractivity contribution in [3.63, 3.8) is 0 Å². The van der Waals surface area contributed by atoms with Gasteiger partial charge in [0, 0.05) is 36.6 Å². The lowest BCUT2D eigenvalue weighted by atomic mass is 10.0. The van der Waals surface area contributed by atoms with Crippen molar-refractivity contribution in [2.45, 2.75) is 19.8 Å². The topological polar surface area (TPSA) is 53.5 Å². The zero-order valence-electron chi connectivity index (χ0n) is 17.0. The molecule has 1 aromatic heterocycles. The molecule has 0 aliphatic carbocycles. The van der Waals surface area contributed by atoms with Gasteiger partial charge in [0.1, 0.15) is 17.5 Å². The van der Waals surface area contributed by atoms with Crippen LogP contribution in [0.2, 0.25) is 0 Å². The van der Waals surface area contributed by atoms with Crippen LogP contribution in [0.3, 0.4) is 0 Å². The minimum absolute atomic E-state index is 0.0786. The van der Waals surface area contributed by atoms with Crippen LogP contribution >= 0.6 is 11.3 Å². The molecular weight excluding hydrogens is 439 g/mol. The standard InChI is InChI=1S/C23H18F3N3O2S/c1-14(30)29(20-7-3-2-6-18(20)25)23-27-16(13-32-23)8-9-22(31)28-10-4-5-17-19(26)11-15(24)12-21(17)28/h2-3,6-9,11-13H,4-5,10H2,1H3/b9-8+. The number of carbonyl (C=O) groups excluding carboxylic acids is 2. The molecule has 1 aliphatic heterocycles. The van der Waals surface area contributed by atoms with Gasteiger partial charge in [-0.3, -0.25) is 14.5 Å². The fourth-order valence-electron chi connectivity index (χ4n) is 3.58. The Morgan fingerprint density at radius 3 is 2.69 bits per heavy atom. The summed E-state index contributed by atoms with van der Waals surface area (Å²) in [5.41, 5.74) is 1.01. The molecule has 5 nitrogen and oxygen atoms in total. The molecular formula is C23H18F3N3O2S. The van der Waals surface area contributed by atoms with Crippen LogP contribution in [0.15, 0.2) is 47.9 Å². The van der Waals surface area contributed by atoms with Gasteiger partial charge in [-0.15, -0.1) is 11.3 Å². The smallest absolute Gasteiger partial charge is 0.251 e. The molecule has 0 atom stereocenters. The maximum atomic E-state index is 14.2. The highest BCUT2D eigenvalue weighted by Crippen LogP contribution is 2.32. The summed E-state index contributed by atoms with van der Waals surface area (Å²) in [5, 5.41) is 1.88. The molecule has 0 N–H and O–H groups in total. The Kier molecular flexibility index (Phi) is 6.09. The summed E-state index contributed by atoms with van der Waals surface area (Å²) >= 11 is 1.12. The minimum atomic E-state index is -0.744. The fraction of sp³-hybridized carbons (Fsp3) is 0.174. The SMILES string of the molecule is CC(=O)N(c1nc(/C=C/C(=O)N2CCCc3c(F)cc(F)cc32)cs1)c1ccccc1F. The van der Waals surface area contributed by atoms with E-state index in [2.05, 4.69) is 4.98 Å². The molecule has 4 rings (SSSR count). The van der Waals surface area contributed by atoms with Gasteiger partial charge in [0.25, 0.3) is 5.91 Å². The van der Waals surface area contributed by atoms with Gasteiger partial charge < -0.3 is 4.90 Å². The Hall–Kier alpha value is -3.46. The Labute approximate surface area is 186 Å². The summed E-state index contributed by atoms with van der Waals surface area (Å²) in [6, 6.07) is 7.84. The quantitative estimate of drug-likeness (QED) is 0.504. The monoisotopic (exact) mass is 457 g/mol. The van der Waals surface area contributed by atoms with Crippen LogP contribution in [0, 0.1) is 17.5 Å². The van der Waals surface area contributed by atoms with Crippen molar-refractivity contribution in [2.24, 2.45) is 0 Å². The summed E-state index contributed by atoms with van der Waals surface area (Å²) in [4.78, 5) is 31.7. The second-order valence-corrected chi connectivity index (χ2v) is 8.01. The van der Waals surface area contributed by atoms with E-state index in [4.69, 9.17) is 0 Å². The first-order chi connectivity index (χ1) is 15.3. The number of hydrogen-bond donors (Lipinski definition) is 0. The number of benzene rings is 2. The first-order valence-electron chi connectivity index (χ1n) is 9.83. The van der Waals surface area contributed by atoms with E-state index in [1.165, 1.54) is 42.2 Å². The summed E-state index contributed by atoms with van der Waals surface area (Å²) in [7, 11) is 0. The number of nitrogens with zero attached hydrogens (tertiary/aromatic N) is 3. The second-order valence-electron chi connectivity index (χ2n) is 7.17. The lowest BCUT2D eigenvalue weighted by Crippen LogP contribution is -2.34. The third-order valence-corrected chi connectivity index (χ3v) is 5.85. The maximum Gasteiger partial charge on any atom is 0.251 e. The third kappa shape index (κ3) is 4.29. The third-order valence-electron chi connectivity index (χ3n) is 5.01. The number of thiazole rings is 1. The van der Waals surface area contributed by atoms with Crippen LogP contribution in [-0.4, -0.2) is 23.3 Å². The Morgan fingerprint density at radius 2 is 1.94 bits per heavy atom. The molecule has 0 fully saturated rings. The van der Waals surface area contributed by atoms with E-state index in [-0.39, 0.29) is 16.5 Å². The molecule has 2 heterocycles. The number of anilines is 3. The van der Waals surface area contributed by atoms with E-state index in [0.29, 0.717) is 30.6 Å². The van der Waals surface area contributed by atoms with Gasteiger partial charge in [0.2, 0.25) is 5.91 Å². The highest BCUT2D eigenvalue weighted by molar-refractivity contribution is 7.14. The normalized spacial score (nSPS) is 13.3. The van der Waals surface area contributed by atoms with Crippen LogP contribution in [0.25, 0.3) is 6.08 Å². The van der Waals surface area contributed by atoms with E-state index in [9.17, 15) is 22.8 Å². The van der Waals surface area contributed by atoms with Gasteiger partial charge in [-0.2, -0.15) is 0 Å². The molecule has 0 radical (unpaired) electrons. The predicted octanol–water partition coefficient (Wildman–Crippen LogP) is 5.24. The van der Waals surface area contributed by atoms with Crippen LogP contribution in [0.1, 0.15) is 24.6 Å². The molecule has 0 bridgehead atoms. The molecule has 164 valence electrons. The van der Waals surface area contributed by atoms with E-state index < -0.39 is 29.3 Å². The molecule has 2 amide bonds. The van der Waals surface area contributed by atoms with Crippen LogP contribution in [-0.2, 0) is 16.0 Å². The number of aromatic nitrogens is 1. The highest BCUT2D eigenvalue weighted by Gasteiger charge is 2.25. The number of amides is 2. The van der Waals surface area contributed by atoms with Gasteiger partial charge in [0.15, 0.2) is 5.13 Å². The maximum absolute atomic E-state index is 14.2. The molecule has 0 unspecified atom stereocenters. The number of rotatable bonds is 4. The van der Waals surface area contributed by atoms with Crippen LogP contribution in [0.5, 0.6) is 0 Å². The molecule has 2 aromatic carbocycles. The first kappa shape index (κ1) is 21.8. The summed E-state index contributed by atoms with van der Waals surface area (Å²) in [6.07, 6.45) is 3.71. The van der Waals surface area contributed by atoms with E-state index >= 15 is 0 Å². The summed E-state index contributed by atoms with van der Waals surface area (Å²) < 4.78 is 42.0. The van der Waals surface area contributed by atoms with E-state index in [1.54, 1.807) is 11.4 Å². The molecule has 3 aromatic rings. The van der Waals surface area contributed by atoms with Crippen molar-refractivity contribution < 1.29 is 22.8 Å². The van der Waals surface area contributed by atoms with Gasteiger partial charge >= 0.3 is 0 Å². The molecule has 9 heteroatoms. The van der Waals surface area contributed by atoms with Gasteiger partial charge in [-0.1, -0.05) is 12.1 Å². The van der Waals surface area contributed by atoms with Crippen molar-refractivity contribution in [3.05, 3.63) is 76.6 Å². The number of hydrogen-bond acceptors (Lipinski definition) is 4. The summed E-state index contributed by atoms with van der Waals surface area (Å²) in [5.74, 6) is -2.82. The number of fused-ring (bicyclic) bond motifs is 1. The average molecular weight is 457 g/mol. The van der Waals surface area contributed by atoms with Crippen molar-refractivity contribution in [2.75, 3.05) is 16.3 Å². The zero-order chi connectivity index (χ0) is 22.8. The van der Waals surface area contributed by atoms with Crippen molar-refractivity contribution in [1.82, 2.24) is 4.98 Å². The van der Waals surface area contributed by atoms with Crippen LogP contribution < -0.4 is 9.80 Å². The van der Waals surface area contributed by atoms with Crippen molar-refractivity contribution in [1.29, 1.82) is 0 Å². The minimum Gasteiger partial charge on any atom is -0.308 e. The van der Waals surface area contributed by atoms with Gasteiger partial charge in [-0.25, -0.2) is 18.2 Å². The molecule has 1 aliphatic rings. The Bertz CT molecular complexity index is 1220. The molecule has 0 saturated heterocycles. The largest absolute Gasteiger partial charge is 0.308 e. The lowest BCUT2D eigenvalue weighted by Gasteiger charge is -2.28. The lowest BCUT2D eigenvalue weighted by molar-refractivity contribution is -0.116. The van der Waals surface area contributed by atoms with Crippen molar-refractivity contribution in [3.8, 4) is 0 Å². The number of carbonyl (C=O) groups is 2. The zero-order valence-corrected chi connectivity index (χ0v) is 17.8. The van der Waals surface area contributed by atoms with Gasteiger partial charge in [0.05, 0.1) is 17.1 Å². The van der Waals surface area contributed by atoms with E-state index in [0.717, 1.165) is 28.4 Å². The van der Waals surface area contributed by atoms with Gasteiger partial charge in [-0.05, 0) is 37.1 Å². The summed E-state index contributed by atoms with van der Waals surface area (Å²) in [6.45, 7) is 1.64. The Morgan fingerprint density at radius 1 is 1.16 bits per heavy atom. The molecule has 0 saturated carbocycles. The van der Waals surface area contributed by atoms with Crippen LogP contribution in [0.4, 0.5) is 29.7 Å². The second kappa shape index (κ2) is 8.96. The average Bonchev–Trinajstić information content (AvgIpc) is 3.21. The highest BCUT2D eigenvalue weighted by atomic mass is 32.1. The number of halogens is 3. The number of para-hydroxylation sites is 1. The Balaban J connectivity index is 1.57. The predicted molar refractivity (Wildman–Crippen MR) is 117 cm³/mol. The van der Waals surface area contributed by atoms with E-state index in [1.807, 2.05) is 0 Å². The fourth-order valence-corrected chi connectivity index (χ4v) is 4.43.